The number of hydrogen-bond donors (Lipinski definition) is 2. The third-order valence-corrected chi connectivity index (χ3v) is 0. The summed E-state index contributed by atoms with van der Waals surface area (Å²) < 4.78 is 0. The summed E-state index contributed by atoms with van der Waals surface area (Å²) in [6.45, 7) is 0. The zero-order valence-electron chi connectivity index (χ0n) is 4.85. The summed E-state index contributed by atoms with van der Waals surface area (Å²) in [6.07, 6.45) is -2.33. The molecule has 0 saturated heterocycles. The van der Waals surface area contributed by atoms with Crippen LogP contribution in [0.1, 0.15) is 0 Å². The van der Waals surface area contributed by atoms with Crippen LogP contribution in [-0.4, -0.2) is 11.2 Å². The molecule has 0 amide bonds. The van der Waals surface area contributed by atoms with Crippen LogP contribution >= 0.6 is 0 Å². The summed E-state index contributed by atoms with van der Waals surface area (Å²) in [7, 11) is 0. The van der Waals surface area contributed by atoms with Crippen molar-refractivity contribution in [1.29, 1.82) is 0 Å². The summed E-state index contributed by atoms with van der Waals surface area (Å²) in [5.41, 5.74) is 0. The second-order valence-electron chi connectivity index (χ2n) is 0.474. The molecular weight excluding hydrogens is 258 g/mol. The number of hydrogen-bond acceptors (Lipinski definition) is 8. The summed E-state index contributed by atoms with van der Waals surface area (Å²) in [4.78, 5) is 16.6. The molecule has 0 aromatic heterocycles. The minimum atomic E-state index is -2.33. The maximum atomic E-state index is 8.33. The van der Waals surface area contributed by atoms with Crippen molar-refractivity contribution in [3.63, 3.8) is 0 Å². The molecule has 0 aromatic rings. The normalized spacial score (nSPS) is 4.91. The molecule has 9 nitrogen and oxygen atoms in total. The molecule has 0 bridgehead atoms. The second-order valence-corrected chi connectivity index (χ2v) is 0.474. The van der Waals surface area contributed by atoms with Gasteiger partial charge in [-0.05, 0) is 6.16 Å². The van der Waals surface area contributed by atoms with Gasteiger partial charge in [-0.3, -0.25) is 11.7 Å². The van der Waals surface area contributed by atoms with E-state index in [0.29, 0.717) is 0 Å². The van der Waals surface area contributed by atoms with Gasteiger partial charge in [-0.2, -0.15) is 0 Å². The van der Waals surface area contributed by atoms with Crippen LogP contribution in [0.15, 0.2) is 0 Å². The van der Waals surface area contributed by atoms with Crippen molar-refractivity contribution in [1.82, 2.24) is 0 Å². The maximum absolute atomic E-state index is 8.33. The van der Waals surface area contributed by atoms with Crippen molar-refractivity contribution < 1.29 is 42.5 Å². The van der Waals surface area contributed by atoms with E-state index in [0.717, 1.165) is 0 Å². The average molecular weight is 262 g/mol. The number of nitrogens with zero attached hydrogens (tertiary/aromatic N) is 1. The summed E-state index contributed by atoms with van der Waals surface area (Å²) in [6, 6.07) is 0. The zero-order valence-corrected chi connectivity index (χ0v) is 6.34. The molecule has 0 atom stereocenters. The van der Waals surface area contributed by atoms with E-state index in [1.807, 2.05) is 0 Å². The number of carbonyl (C=O) groups excluding carboxylic acids is 1. The van der Waals surface area contributed by atoms with Crippen molar-refractivity contribution in [2.45, 2.75) is 0 Å². The third-order valence-electron chi connectivity index (χ3n) is 0. The van der Waals surface area contributed by atoms with Crippen molar-refractivity contribution in [3.8, 4) is 0 Å². The van der Waals surface area contributed by atoms with Gasteiger partial charge in [-0.1, -0.05) is 0 Å². The van der Waals surface area contributed by atoms with E-state index in [-0.39, 0.29) is 22.4 Å². The topological polar surface area (TPSA) is 181 Å². The van der Waals surface area contributed by atoms with E-state index >= 15 is 0 Å². The molecule has 0 aliphatic carbocycles. The Hall–Kier alpha value is -0.870. The van der Waals surface area contributed by atoms with Gasteiger partial charge in [0.1, 0.15) is 0 Å². The molecule has 0 heterocycles. The Morgan fingerprint density at radius 1 is 1.18 bits per heavy atom. The predicted octanol–water partition coefficient (Wildman–Crippen LogP) is -3.87. The Balaban J connectivity index is -0.0000000339. The minimum absolute atomic E-state index is 0. The largest absolute Gasteiger partial charge is 3.00 e. The van der Waals surface area contributed by atoms with Gasteiger partial charge in [0.25, 0.3) is 0 Å². The predicted molar refractivity (Wildman–Crippen MR) is 24.1 cm³/mol. The molecule has 0 aromatic carbocycles. The van der Waals surface area contributed by atoms with E-state index in [4.69, 9.17) is 30.3 Å². The smallest absolute Gasteiger partial charge is 0.652 e. The summed E-state index contributed by atoms with van der Waals surface area (Å²) in [5, 5.41) is 31.4. The Morgan fingerprint density at radius 3 is 1.18 bits per heavy atom. The van der Waals surface area contributed by atoms with E-state index in [1.165, 1.54) is 0 Å². The quantitative estimate of drug-likeness (QED) is 0.192. The summed E-state index contributed by atoms with van der Waals surface area (Å²) >= 11 is 0. The van der Waals surface area contributed by atoms with Crippen LogP contribution in [0.4, 0.5) is 4.79 Å². The molecule has 0 aliphatic rings. The first-order valence-corrected chi connectivity index (χ1v) is 1.49. The van der Waals surface area contributed by atoms with E-state index in [1.54, 1.807) is 0 Å². The molecule has 0 radical (unpaired) electrons. The first kappa shape index (κ1) is 22.5. The fraction of sp³-hybridized carbons (Fsp3) is 0. The monoisotopic (exact) mass is 261 g/mol. The van der Waals surface area contributed by atoms with Crippen molar-refractivity contribution in [2.24, 2.45) is 11.7 Å². The maximum Gasteiger partial charge on any atom is 3.00 e. The molecule has 0 rings (SSSR count). The molecule has 10 heteroatoms. The SMILES string of the molecule is NN.O=C([O-])[O-].O=[N+]([O-])[O-].[Ag+3]. The Labute approximate surface area is 76.2 Å². The molecule has 4 N–H and O–H groups in total. The van der Waals surface area contributed by atoms with Gasteiger partial charge in [0, 0.05) is 0 Å². The molecular formula is CH4AgN3O6. The molecule has 70 valence electrons. The number of hydrazine groups is 1. The Kier molecular flexibility index (Phi) is 46.8. The standard InChI is InChI=1S/CH2O3.Ag.H4N2.NO3/c2-1(3)4;;1-2;2-1(3)4/h(H2,2,3,4);;1-2H2;/q;+3;;-1/p-2. The van der Waals surface area contributed by atoms with Crippen LogP contribution < -0.4 is 21.9 Å². The first-order chi connectivity index (χ1) is 4.46. The molecule has 0 unspecified atom stereocenters. The van der Waals surface area contributed by atoms with Crippen molar-refractivity contribution in [3.05, 3.63) is 15.3 Å². The number of nitrogens with two attached hydrogens (primary N) is 2. The zero-order chi connectivity index (χ0) is 9.15. The van der Waals surface area contributed by atoms with Crippen molar-refractivity contribution >= 4 is 6.16 Å². The Morgan fingerprint density at radius 2 is 1.18 bits per heavy atom. The number of carbonyl (C=O) groups is 1. The van der Waals surface area contributed by atoms with E-state index in [9.17, 15) is 0 Å². The third kappa shape index (κ3) is 614. The van der Waals surface area contributed by atoms with Crippen LogP contribution in [0.3, 0.4) is 0 Å². The average Bonchev–Trinajstić information content (AvgIpc) is 1.66. The fourth-order valence-electron chi connectivity index (χ4n) is 0. The van der Waals surface area contributed by atoms with Crippen LogP contribution in [0, 0.1) is 15.3 Å². The molecule has 0 aliphatic heterocycles. The van der Waals surface area contributed by atoms with E-state index in [2.05, 4.69) is 11.7 Å². The second kappa shape index (κ2) is 22.9. The molecule has 0 spiro atoms. The molecule has 11 heavy (non-hydrogen) atoms. The summed E-state index contributed by atoms with van der Waals surface area (Å²) in [5.74, 6) is 8.00. The van der Waals surface area contributed by atoms with Crippen molar-refractivity contribution in [2.75, 3.05) is 0 Å². The van der Waals surface area contributed by atoms with Gasteiger partial charge in [0.15, 0.2) is 0 Å². The minimum Gasteiger partial charge on any atom is -0.652 e. The van der Waals surface area contributed by atoms with Crippen LogP contribution in [0.25, 0.3) is 0 Å². The van der Waals surface area contributed by atoms with Crippen LogP contribution in [-0.2, 0) is 22.4 Å². The number of carboxylic acid groups (broad SMARTS) is 2. The van der Waals surface area contributed by atoms with Crippen LogP contribution in [0.2, 0.25) is 0 Å². The molecule has 0 fully saturated rings. The van der Waals surface area contributed by atoms with Gasteiger partial charge in [0.05, 0.1) is 5.09 Å². The number of rotatable bonds is 0. The van der Waals surface area contributed by atoms with Gasteiger partial charge in [0.2, 0.25) is 0 Å². The van der Waals surface area contributed by atoms with Gasteiger partial charge in [-0.15, -0.1) is 0 Å². The van der Waals surface area contributed by atoms with Gasteiger partial charge < -0.3 is 30.3 Å². The fourth-order valence-corrected chi connectivity index (χ4v) is 0. The molecule has 0 saturated carbocycles. The van der Waals surface area contributed by atoms with E-state index < -0.39 is 11.2 Å². The van der Waals surface area contributed by atoms with Crippen LogP contribution in [0.5, 0.6) is 0 Å². The Bertz CT molecular complexity index is 75.8. The van der Waals surface area contributed by atoms with Gasteiger partial charge in [-0.25, -0.2) is 0 Å². The van der Waals surface area contributed by atoms with Gasteiger partial charge >= 0.3 is 22.4 Å². The first-order valence-electron chi connectivity index (χ1n) is 1.49.